The molecule has 0 saturated heterocycles. The molecule has 1 atom stereocenters. The van der Waals surface area contributed by atoms with Crippen LogP contribution < -0.4 is 10.1 Å². The van der Waals surface area contributed by atoms with Gasteiger partial charge >= 0.3 is 0 Å². The molecule has 1 unspecified atom stereocenters. The zero-order valence-electron chi connectivity index (χ0n) is 13.6. The van der Waals surface area contributed by atoms with Gasteiger partial charge in [-0.1, -0.05) is 44.9 Å². The van der Waals surface area contributed by atoms with Crippen molar-refractivity contribution in [3.05, 3.63) is 42.0 Å². The van der Waals surface area contributed by atoms with Crippen LogP contribution in [0.1, 0.15) is 39.2 Å². The third-order valence-electron chi connectivity index (χ3n) is 4.50. The summed E-state index contributed by atoms with van der Waals surface area (Å²) in [5, 5.41) is 6.16. The molecule has 0 aliphatic rings. The van der Waals surface area contributed by atoms with Crippen molar-refractivity contribution in [3.8, 4) is 5.75 Å². The molecule has 2 aromatic carbocycles. The molecule has 0 bridgehead atoms. The van der Waals surface area contributed by atoms with Crippen LogP contribution in [0.4, 0.5) is 0 Å². The zero-order chi connectivity index (χ0) is 15.2. The van der Waals surface area contributed by atoms with Crippen LogP contribution in [0.5, 0.6) is 5.75 Å². The summed E-state index contributed by atoms with van der Waals surface area (Å²) in [5.74, 6) is 1.67. The number of rotatable bonds is 7. The second-order valence-corrected chi connectivity index (χ2v) is 5.79. The molecular formula is C19H27NO. The highest BCUT2D eigenvalue weighted by molar-refractivity contribution is 5.84. The van der Waals surface area contributed by atoms with E-state index >= 15 is 0 Å². The van der Waals surface area contributed by atoms with Crippen LogP contribution in [-0.2, 0) is 6.54 Å². The Kier molecular flexibility index (Phi) is 5.63. The summed E-state index contributed by atoms with van der Waals surface area (Å²) < 4.78 is 5.27. The van der Waals surface area contributed by atoms with Gasteiger partial charge in [0.05, 0.1) is 7.11 Å². The minimum absolute atomic E-state index is 0.562. The fourth-order valence-corrected chi connectivity index (χ4v) is 2.95. The average Bonchev–Trinajstić information content (AvgIpc) is 2.53. The largest absolute Gasteiger partial charge is 0.497 e. The number of fused-ring (bicyclic) bond motifs is 1. The molecule has 0 aliphatic carbocycles. The highest BCUT2D eigenvalue weighted by Crippen LogP contribution is 2.22. The monoisotopic (exact) mass is 285 g/mol. The maximum Gasteiger partial charge on any atom is 0.119 e. The van der Waals surface area contributed by atoms with E-state index in [0.717, 1.165) is 18.2 Å². The first-order chi connectivity index (χ1) is 10.2. The summed E-state index contributed by atoms with van der Waals surface area (Å²) in [7, 11) is 1.71. The Morgan fingerprint density at radius 2 is 1.67 bits per heavy atom. The van der Waals surface area contributed by atoms with E-state index in [0.29, 0.717) is 6.04 Å². The number of benzene rings is 2. The van der Waals surface area contributed by atoms with Gasteiger partial charge < -0.3 is 10.1 Å². The third kappa shape index (κ3) is 3.98. The van der Waals surface area contributed by atoms with E-state index in [2.05, 4.69) is 56.4 Å². The van der Waals surface area contributed by atoms with Crippen molar-refractivity contribution < 1.29 is 4.74 Å². The molecule has 0 saturated carbocycles. The second-order valence-electron chi connectivity index (χ2n) is 5.79. The fraction of sp³-hybridized carbons (Fsp3) is 0.474. The number of hydrogen-bond acceptors (Lipinski definition) is 2. The van der Waals surface area contributed by atoms with Gasteiger partial charge in [-0.2, -0.15) is 0 Å². The maximum absolute atomic E-state index is 5.27. The van der Waals surface area contributed by atoms with Gasteiger partial charge in [0.2, 0.25) is 0 Å². The van der Waals surface area contributed by atoms with Crippen LogP contribution >= 0.6 is 0 Å². The molecule has 0 spiro atoms. The van der Waals surface area contributed by atoms with Crippen molar-refractivity contribution in [2.45, 2.75) is 46.2 Å². The van der Waals surface area contributed by atoms with Gasteiger partial charge in [-0.05, 0) is 47.4 Å². The maximum atomic E-state index is 5.27. The van der Waals surface area contributed by atoms with E-state index in [1.165, 1.54) is 29.2 Å². The summed E-state index contributed by atoms with van der Waals surface area (Å²) in [5.41, 5.74) is 1.34. The Bertz CT molecular complexity index is 575. The van der Waals surface area contributed by atoms with E-state index in [9.17, 15) is 0 Å². The quantitative estimate of drug-likeness (QED) is 0.791. The van der Waals surface area contributed by atoms with Crippen molar-refractivity contribution in [2.75, 3.05) is 7.11 Å². The minimum Gasteiger partial charge on any atom is -0.497 e. The zero-order valence-corrected chi connectivity index (χ0v) is 13.6. The van der Waals surface area contributed by atoms with Gasteiger partial charge in [0.25, 0.3) is 0 Å². The number of methoxy groups -OCH3 is 1. The lowest BCUT2D eigenvalue weighted by Gasteiger charge is -2.22. The molecular weight excluding hydrogens is 258 g/mol. The van der Waals surface area contributed by atoms with E-state index in [1.807, 2.05) is 6.07 Å². The first kappa shape index (κ1) is 15.8. The molecule has 0 amide bonds. The van der Waals surface area contributed by atoms with E-state index in [4.69, 9.17) is 4.74 Å². The summed E-state index contributed by atoms with van der Waals surface area (Å²) >= 11 is 0. The summed E-state index contributed by atoms with van der Waals surface area (Å²) in [6.07, 6.45) is 2.48. The predicted octanol–water partition coefficient (Wildman–Crippen LogP) is 4.76. The Morgan fingerprint density at radius 3 is 2.33 bits per heavy atom. The van der Waals surface area contributed by atoms with E-state index in [1.54, 1.807) is 7.11 Å². The molecule has 2 nitrogen and oxygen atoms in total. The van der Waals surface area contributed by atoms with Crippen LogP contribution in [0.2, 0.25) is 0 Å². The van der Waals surface area contributed by atoms with Crippen molar-refractivity contribution in [1.29, 1.82) is 0 Å². The van der Waals surface area contributed by atoms with E-state index in [-0.39, 0.29) is 0 Å². The number of hydrogen-bond donors (Lipinski definition) is 1. The molecule has 21 heavy (non-hydrogen) atoms. The Morgan fingerprint density at radius 1 is 1.00 bits per heavy atom. The molecule has 0 heterocycles. The molecule has 2 rings (SSSR count). The first-order valence-corrected chi connectivity index (χ1v) is 7.98. The smallest absolute Gasteiger partial charge is 0.119 e. The molecule has 0 fully saturated rings. The lowest BCUT2D eigenvalue weighted by Crippen LogP contribution is -2.32. The molecule has 0 aromatic heterocycles. The van der Waals surface area contributed by atoms with Crippen LogP contribution in [0.3, 0.4) is 0 Å². The highest BCUT2D eigenvalue weighted by atomic mass is 16.5. The Labute approximate surface area is 128 Å². The van der Waals surface area contributed by atoms with Crippen LogP contribution in [0.15, 0.2) is 36.4 Å². The van der Waals surface area contributed by atoms with Gasteiger partial charge in [0.1, 0.15) is 5.75 Å². The van der Waals surface area contributed by atoms with Crippen LogP contribution in [-0.4, -0.2) is 13.2 Å². The lowest BCUT2D eigenvalue weighted by molar-refractivity contribution is 0.353. The number of ether oxygens (including phenoxy) is 1. The van der Waals surface area contributed by atoms with E-state index < -0.39 is 0 Å². The first-order valence-electron chi connectivity index (χ1n) is 7.98. The minimum atomic E-state index is 0.562. The molecule has 1 N–H and O–H groups in total. The molecule has 2 aromatic rings. The SMILES string of the molecule is CCC(CC)C(C)NCc1ccc2cc(OC)ccc2c1. The predicted molar refractivity (Wildman–Crippen MR) is 90.9 cm³/mol. The topological polar surface area (TPSA) is 21.3 Å². The lowest BCUT2D eigenvalue weighted by atomic mass is 9.95. The van der Waals surface area contributed by atoms with Crippen LogP contribution in [0.25, 0.3) is 10.8 Å². The fourth-order valence-electron chi connectivity index (χ4n) is 2.95. The van der Waals surface area contributed by atoms with Gasteiger partial charge in [0.15, 0.2) is 0 Å². The van der Waals surface area contributed by atoms with Gasteiger partial charge in [-0.3, -0.25) is 0 Å². The number of nitrogens with one attached hydrogen (secondary N) is 1. The molecule has 0 radical (unpaired) electrons. The Hall–Kier alpha value is -1.54. The highest BCUT2D eigenvalue weighted by Gasteiger charge is 2.12. The van der Waals surface area contributed by atoms with Gasteiger partial charge in [-0.15, -0.1) is 0 Å². The van der Waals surface area contributed by atoms with Crippen LogP contribution in [0, 0.1) is 5.92 Å². The Balaban J connectivity index is 2.06. The van der Waals surface area contributed by atoms with Gasteiger partial charge in [0, 0.05) is 12.6 Å². The van der Waals surface area contributed by atoms with Crippen molar-refractivity contribution in [1.82, 2.24) is 5.32 Å². The van der Waals surface area contributed by atoms with Gasteiger partial charge in [-0.25, -0.2) is 0 Å². The average molecular weight is 285 g/mol. The summed E-state index contributed by atoms with van der Waals surface area (Å²) in [6, 6.07) is 13.4. The third-order valence-corrected chi connectivity index (χ3v) is 4.50. The van der Waals surface area contributed by atoms with Crippen molar-refractivity contribution in [2.24, 2.45) is 5.92 Å². The van der Waals surface area contributed by atoms with Crippen molar-refractivity contribution in [3.63, 3.8) is 0 Å². The summed E-state index contributed by atoms with van der Waals surface area (Å²) in [6.45, 7) is 7.77. The summed E-state index contributed by atoms with van der Waals surface area (Å²) in [4.78, 5) is 0. The molecule has 114 valence electrons. The van der Waals surface area contributed by atoms with Crippen molar-refractivity contribution >= 4 is 10.8 Å². The molecule has 2 heteroatoms. The second kappa shape index (κ2) is 7.46. The molecule has 0 aliphatic heterocycles. The standard InChI is InChI=1S/C19H27NO/c1-5-16(6-2)14(3)20-13-15-7-8-18-12-19(21-4)10-9-17(18)11-15/h7-12,14,16,20H,5-6,13H2,1-4H3. The normalized spacial score (nSPS) is 12.8.